The number of hydrogen-bond donors (Lipinski definition) is 1. The minimum atomic E-state index is -0.106. The minimum absolute atomic E-state index is 0.106. The Hall–Kier alpha value is 0.380. The molecule has 1 N–H and O–H groups in total. The Labute approximate surface area is 157 Å². The highest BCUT2D eigenvalue weighted by Gasteiger charge is 2.27. The third-order valence-corrected chi connectivity index (χ3v) is 8.44. The number of halogens is 3. The van der Waals surface area contributed by atoms with Crippen LogP contribution in [0.3, 0.4) is 0 Å². The van der Waals surface area contributed by atoms with E-state index in [1.165, 1.54) is 27.7 Å². The molecule has 0 aromatic heterocycles. The van der Waals surface area contributed by atoms with E-state index in [9.17, 15) is 5.11 Å². The van der Waals surface area contributed by atoms with Crippen LogP contribution in [-0.2, 0) is 6.42 Å². The van der Waals surface area contributed by atoms with Crippen LogP contribution in [0.15, 0.2) is 13.4 Å². The summed E-state index contributed by atoms with van der Waals surface area (Å²) in [7, 11) is 0. The zero-order valence-corrected chi connectivity index (χ0v) is 17.5. The Balaban J connectivity index is 1.88. The molecule has 3 rings (SSSR count). The Kier molecular flexibility index (Phi) is 5.55. The van der Waals surface area contributed by atoms with E-state index in [2.05, 4.69) is 64.5 Å². The van der Waals surface area contributed by atoms with Crippen LogP contribution in [0, 0.1) is 6.92 Å². The van der Waals surface area contributed by atoms with Crippen LogP contribution in [0.5, 0.6) is 0 Å². The Morgan fingerprint density at radius 1 is 1.05 bits per heavy atom. The molecule has 0 unspecified atom stereocenters. The number of anilines is 1. The first-order valence-electron chi connectivity index (χ1n) is 7.80. The predicted octanol–water partition coefficient (Wildman–Crippen LogP) is 4.45. The highest BCUT2D eigenvalue weighted by Crippen LogP contribution is 2.45. The average Bonchev–Trinajstić information content (AvgIpc) is 2.53. The number of fused-ring (bicyclic) bond motifs is 1. The van der Waals surface area contributed by atoms with Crippen LogP contribution in [0.4, 0.5) is 5.69 Å². The summed E-state index contributed by atoms with van der Waals surface area (Å²) in [5.41, 5.74) is 4.09. The van der Waals surface area contributed by atoms with Gasteiger partial charge in [0.25, 0.3) is 0 Å². The molecule has 1 aromatic rings. The van der Waals surface area contributed by atoms with Gasteiger partial charge in [-0.15, -0.1) is 0 Å². The molecule has 3 nitrogen and oxygen atoms in total. The molecule has 2 aliphatic heterocycles. The lowest BCUT2D eigenvalue weighted by molar-refractivity contribution is 0.0824. The van der Waals surface area contributed by atoms with Crippen LogP contribution < -0.4 is 4.90 Å². The van der Waals surface area contributed by atoms with Crippen LogP contribution >= 0.6 is 47.8 Å². The molecule has 0 saturated carbocycles. The average molecular weight is 497 g/mol. The predicted molar refractivity (Wildman–Crippen MR) is 102 cm³/mol. The van der Waals surface area contributed by atoms with Crippen molar-refractivity contribution in [3.8, 4) is 0 Å². The maximum Gasteiger partial charge on any atom is 0.0707 e. The number of hydrogen-bond acceptors (Lipinski definition) is 3. The van der Waals surface area contributed by atoms with Crippen LogP contribution in [0.1, 0.15) is 30.4 Å². The quantitative estimate of drug-likeness (QED) is 0.613. The normalized spacial score (nSPS) is 20.3. The second kappa shape index (κ2) is 7.09. The van der Waals surface area contributed by atoms with Crippen molar-refractivity contribution in [1.82, 2.24) is 4.90 Å². The molecule has 1 aromatic carbocycles. The second-order valence-electron chi connectivity index (χ2n) is 6.25. The van der Waals surface area contributed by atoms with Crippen molar-refractivity contribution in [3.63, 3.8) is 0 Å². The Morgan fingerprint density at radius 2 is 1.73 bits per heavy atom. The number of aliphatic hydroxyl groups excluding tert-OH is 1. The van der Waals surface area contributed by atoms with E-state index in [4.69, 9.17) is 0 Å². The smallest absolute Gasteiger partial charge is 0.0707 e. The largest absolute Gasteiger partial charge is 0.393 e. The molecule has 2 heterocycles. The van der Waals surface area contributed by atoms with E-state index in [1.54, 1.807) is 0 Å². The minimum Gasteiger partial charge on any atom is -0.393 e. The summed E-state index contributed by atoms with van der Waals surface area (Å²) in [6.07, 6.45) is 4.00. The van der Waals surface area contributed by atoms with Gasteiger partial charge in [0, 0.05) is 38.7 Å². The standard InChI is InChI=1S/C16H21Br3N2O/c1-10-13(17)15(19)14(18)12-3-2-6-21(16(10)12)9-20-7-4-11(22)5-8-20/h11,22H,2-9H2,1H3. The first-order valence-corrected chi connectivity index (χ1v) is 10.2. The van der Waals surface area contributed by atoms with Gasteiger partial charge in [0.2, 0.25) is 0 Å². The van der Waals surface area contributed by atoms with E-state index in [0.717, 1.165) is 54.5 Å². The fraction of sp³-hybridized carbons (Fsp3) is 0.625. The van der Waals surface area contributed by atoms with Gasteiger partial charge in [0.15, 0.2) is 0 Å². The molecule has 6 heteroatoms. The number of rotatable bonds is 2. The molecule has 0 radical (unpaired) electrons. The summed E-state index contributed by atoms with van der Waals surface area (Å²) in [4.78, 5) is 4.97. The van der Waals surface area contributed by atoms with Crippen molar-refractivity contribution >= 4 is 53.5 Å². The zero-order chi connectivity index (χ0) is 15.9. The molecule has 0 amide bonds. The number of likely N-dealkylation sites (tertiary alicyclic amines) is 1. The molecule has 0 aliphatic carbocycles. The van der Waals surface area contributed by atoms with E-state index >= 15 is 0 Å². The van der Waals surface area contributed by atoms with E-state index in [0.29, 0.717) is 0 Å². The number of piperidine rings is 1. The fourth-order valence-electron chi connectivity index (χ4n) is 3.49. The van der Waals surface area contributed by atoms with Crippen molar-refractivity contribution < 1.29 is 5.11 Å². The van der Waals surface area contributed by atoms with Crippen molar-refractivity contribution in [2.24, 2.45) is 0 Å². The summed E-state index contributed by atoms with van der Waals surface area (Å²) in [6, 6.07) is 0. The topological polar surface area (TPSA) is 26.7 Å². The maximum absolute atomic E-state index is 9.68. The van der Waals surface area contributed by atoms with Gasteiger partial charge in [-0.25, -0.2) is 0 Å². The SMILES string of the molecule is Cc1c(Br)c(Br)c(Br)c2c1N(CN1CCC(O)CC1)CCC2. The monoisotopic (exact) mass is 494 g/mol. The molecular weight excluding hydrogens is 476 g/mol. The van der Waals surface area contributed by atoms with Crippen molar-refractivity contribution in [2.75, 3.05) is 31.2 Å². The molecule has 122 valence electrons. The first kappa shape index (κ1) is 17.2. The van der Waals surface area contributed by atoms with Gasteiger partial charge in [-0.2, -0.15) is 0 Å². The van der Waals surface area contributed by atoms with E-state index in [-0.39, 0.29) is 6.10 Å². The van der Waals surface area contributed by atoms with Gasteiger partial charge in [-0.1, -0.05) is 0 Å². The Morgan fingerprint density at radius 3 is 2.41 bits per heavy atom. The van der Waals surface area contributed by atoms with Gasteiger partial charge >= 0.3 is 0 Å². The van der Waals surface area contributed by atoms with Crippen molar-refractivity contribution in [2.45, 2.75) is 38.7 Å². The van der Waals surface area contributed by atoms with Crippen molar-refractivity contribution in [3.05, 3.63) is 24.5 Å². The fourth-order valence-corrected chi connectivity index (χ4v) is 5.26. The highest BCUT2D eigenvalue weighted by atomic mass is 79.9. The molecule has 1 saturated heterocycles. The number of nitrogens with zero attached hydrogens (tertiary/aromatic N) is 2. The zero-order valence-electron chi connectivity index (χ0n) is 12.7. The molecule has 1 fully saturated rings. The summed E-state index contributed by atoms with van der Waals surface area (Å²) < 4.78 is 3.43. The van der Waals surface area contributed by atoms with Gasteiger partial charge in [0.1, 0.15) is 0 Å². The lowest BCUT2D eigenvalue weighted by atomic mass is 9.98. The van der Waals surface area contributed by atoms with Crippen molar-refractivity contribution in [1.29, 1.82) is 0 Å². The van der Waals surface area contributed by atoms with Crippen LogP contribution in [-0.4, -0.2) is 42.4 Å². The van der Waals surface area contributed by atoms with E-state index in [1.807, 2.05) is 0 Å². The van der Waals surface area contributed by atoms with Crippen LogP contribution in [0.25, 0.3) is 0 Å². The summed E-state index contributed by atoms with van der Waals surface area (Å²) in [5.74, 6) is 0. The number of aliphatic hydroxyl groups is 1. The summed E-state index contributed by atoms with van der Waals surface area (Å²) in [6.45, 7) is 6.24. The van der Waals surface area contributed by atoms with Gasteiger partial charge in [0.05, 0.1) is 12.8 Å². The van der Waals surface area contributed by atoms with Gasteiger partial charge in [-0.3, -0.25) is 4.90 Å². The lowest BCUT2D eigenvalue weighted by Crippen LogP contribution is -2.45. The second-order valence-corrected chi connectivity index (χ2v) is 8.63. The summed E-state index contributed by atoms with van der Waals surface area (Å²) >= 11 is 11.2. The number of benzene rings is 1. The van der Waals surface area contributed by atoms with Gasteiger partial charge < -0.3 is 10.0 Å². The maximum atomic E-state index is 9.68. The van der Waals surface area contributed by atoms with Crippen LogP contribution in [0.2, 0.25) is 0 Å². The molecular formula is C16H21Br3N2O. The Bertz CT molecular complexity index is 571. The third-order valence-electron chi connectivity index (χ3n) is 4.72. The molecule has 22 heavy (non-hydrogen) atoms. The first-order chi connectivity index (χ1) is 10.5. The molecule has 2 aliphatic rings. The molecule has 0 bridgehead atoms. The van der Waals surface area contributed by atoms with E-state index < -0.39 is 0 Å². The third kappa shape index (κ3) is 3.27. The molecule has 0 spiro atoms. The molecule has 0 atom stereocenters. The summed E-state index contributed by atoms with van der Waals surface area (Å²) in [5, 5.41) is 9.68. The highest BCUT2D eigenvalue weighted by molar-refractivity contribution is 9.14. The van der Waals surface area contributed by atoms with Gasteiger partial charge in [-0.05, 0) is 91.5 Å². The lowest BCUT2D eigenvalue weighted by Gasteiger charge is -2.39.